The highest BCUT2D eigenvalue weighted by Crippen LogP contribution is 2.20. The highest BCUT2D eigenvalue weighted by atomic mass is 16.3. The van der Waals surface area contributed by atoms with Crippen LogP contribution in [0.2, 0.25) is 0 Å². The van der Waals surface area contributed by atoms with Crippen LogP contribution >= 0.6 is 0 Å². The van der Waals surface area contributed by atoms with E-state index >= 15 is 0 Å². The number of hydrogen-bond acceptors (Lipinski definition) is 3. The Bertz CT molecular complexity index is 305. The maximum absolute atomic E-state index is 12.1. The molecule has 2 N–H and O–H groups in total. The van der Waals surface area contributed by atoms with Crippen LogP contribution in [0, 0.1) is 5.92 Å². The van der Waals surface area contributed by atoms with E-state index in [1.54, 1.807) is 0 Å². The quantitative estimate of drug-likeness (QED) is 0.772. The van der Waals surface area contributed by atoms with Gasteiger partial charge >= 0.3 is 6.03 Å². The van der Waals surface area contributed by atoms with Gasteiger partial charge in [0.2, 0.25) is 0 Å². The summed E-state index contributed by atoms with van der Waals surface area (Å²) in [7, 11) is 0. The van der Waals surface area contributed by atoms with E-state index in [1.807, 2.05) is 11.8 Å². The average molecular weight is 283 g/mol. The third-order valence-electron chi connectivity index (χ3n) is 4.45. The number of urea groups is 1. The molecule has 116 valence electrons. The number of aliphatic hydroxyl groups excluding tert-OH is 1. The molecule has 2 amide bonds. The van der Waals surface area contributed by atoms with Gasteiger partial charge in [0.25, 0.3) is 0 Å². The van der Waals surface area contributed by atoms with Gasteiger partial charge in [-0.1, -0.05) is 0 Å². The van der Waals surface area contributed by atoms with Gasteiger partial charge in [0.1, 0.15) is 0 Å². The van der Waals surface area contributed by atoms with Crippen molar-refractivity contribution < 1.29 is 9.90 Å². The van der Waals surface area contributed by atoms with Crippen LogP contribution in [-0.4, -0.2) is 66.3 Å². The van der Waals surface area contributed by atoms with Gasteiger partial charge in [0, 0.05) is 32.3 Å². The summed E-state index contributed by atoms with van der Waals surface area (Å²) in [5, 5.41) is 11.8. The van der Waals surface area contributed by atoms with Crippen LogP contribution in [0.15, 0.2) is 0 Å². The Morgan fingerprint density at radius 2 is 2.10 bits per heavy atom. The van der Waals surface area contributed by atoms with E-state index < -0.39 is 0 Å². The van der Waals surface area contributed by atoms with Gasteiger partial charge in [-0.3, -0.25) is 0 Å². The summed E-state index contributed by atoms with van der Waals surface area (Å²) in [6.45, 7) is 7.62. The standard InChI is InChI=1S/C15H29N3O2/c1-13(5-4-10-19)16-15(20)18-9-6-14(12-18)11-17-7-2-3-8-17/h13-14,19H,2-12H2,1H3,(H,16,20). The minimum Gasteiger partial charge on any atom is -0.396 e. The molecule has 2 atom stereocenters. The van der Waals surface area contributed by atoms with E-state index in [0.717, 1.165) is 38.9 Å². The molecule has 0 spiro atoms. The van der Waals surface area contributed by atoms with Crippen molar-refractivity contribution in [1.29, 1.82) is 0 Å². The Morgan fingerprint density at radius 1 is 1.35 bits per heavy atom. The van der Waals surface area contributed by atoms with Crippen molar-refractivity contribution in [3.8, 4) is 0 Å². The van der Waals surface area contributed by atoms with Crippen LogP contribution in [0.4, 0.5) is 4.79 Å². The largest absolute Gasteiger partial charge is 0.396 e. The number of aliphatic hydroxyl groups is 1. The van der Waals surface area contributed by atoms with Gasteiger partial charge in [-0.15, -0.1) is 0 Å². The van der Waals surface area contributed by atoms with Gasteiger partial charge in [0.05, 0.1) is 0 Å². The summed E-state index contributed by atoms with van der Waals surface area (Å²) < 4.78 is 0. The van der Waals surface area contributed by atoms with Crippen LogP contribution < -0.4 is 5.32 Å². The first-order valence-electron chi connectivity index (χ1n) is 8.07. The molecular weight excluding hydrogens is 254 g/mol. The summed E-state index contributed by atoms with van der Waals surface area (Å²) in [4.78, 5) is 16.6. The first-order chi connectivity index (χ1) is 9.69. The monoisotopic (exact) mass is 283 g/mol. The van der Waals surface area contributed by atoms with Crippen molar-refractivity contribution in [2.45, 2.75) is 45.1 Å². The van der Waals surface area contributed by atoms with Crippen molar-refractivity contribution in [1.82, 2.24) is 15.1 Å². The smallest absolute Gasteiger partial charge is 0.317 e. The van der Waals surface area contributed by atoms with E-state index in [-0.39, 0.29) is 18.7 Å². The zero-order valence-electron chi connectivity index (χ0n) is 12.7. The lowest BCUT2D eigenvalue weighted by molar-refractivity contribution is 0.199. The van der Waals surface area contributed by atoms with Crippen molar-refractivity contribution in [2.75, 3.05) is 39.3 Å². The normalized spacial score (nSPS) is 25.1. The second-order valence-corrected chi connectivity index (χ2v) is 6.32. The molecule has 2 heterocycles. The number of hydrogen-bond donors (Lipinski definition) is 2. The molecule has 2 saturated heterocycles. The number of carbonyl (C=O) groups excluding carboxylic acids is 1. The van der Waals surface area contributed by atoms with Gasteiger partial charge in [-0.25, -0.2) is 4.79 Å². The second-order valence-electron chi connectivity index (χ2n) is 6.32. The van der Waals surface area contributed by atoms with Crippen LogP contribution in [0.25, 0.3) is 0 Å². The molecule has 0 saturated carbocycles. The first-order valence-corrected chi connectivity index (χ1v) is 8.07. The van der Waals surface area contributed by atoms with Gasteiger partial charge in [0.15, 0.2) is 0 Å². The molecule has 0 radical (unpaired) electrons. The molecule has 0 aromatic heterocycles. The second kappa shape index (κ2) is 7.84. The van der Waals surface area contributed by atoms with Crippen LogP contribution in [-0.2, 0) is 0 Å². The Hall–Kier alpha value is -0.810. The Morgan fingerprint density at radius 3 is 2.80 bits per heavy atom. The highest BCUT2D eigenvalue weighted by molar-refractivity contribution is 5.74. The number of likely N-dealkylation sites (tertiary alicyclic amines) is 2. The highest BCUT2D eigenvalue weighted by Gasteiger charge is 2.28. The molecule has 2 unspecified atom stereocenters. The van der Waals surface area contributed by atoms with Crippen LogP contribution in [0.3, 0.4) is 0 Å². The van der Waals surface area contributed by atoms with Crippen molar-refractivity contribution >= 4 is 6.03 Å². The summed E-state index contributed by atoms with van der Waals surface area (Å²) >= 11 is 0. The molecule has 2 aliphatic rings. The van der Waals surface area contributed by atoms with E-state index in [4.69, 9.17) is 5.11 Å². The summed E-state index contributed by atoms with van der Waals surface area (Å²) in [5.74, 6) is 0.645. The lowest BCUT2D eigenvalue weighted by Gasteiger charge is -2.22. The molecule has 2 fully saturated rings. The fourth-order valence-electron chi connectivity index (χ4n) is 3.27. The molecule has 5 nitrogen and oxygen atoms in total. The maximum Gasteiger partial charge on any atom is 0.317 e. The lowest BCUT2D eigenvalue weighted by atomic mass is 10.1. The van der Waals surface area contributed by atoms with Crippen molar-refractivity contribution in [3.63, 3.8) is 0 Å². The molecule has 0 aromatic carbocycles. The minimum absolute atomic E-state index is 0.0689. The number of amides is 2. The SMILES string of the molecule is CC(CCCO)NC(=O)N1CCC(CN2CCCC2)C1. The molecule has 20 heavy (non-hydrogen) atoms. The summed E-state index contributed by atoms with van der Waals surface area (Å²) in [5.41, 5.74) is 0. The van der Waals surface area contributed by atoms with Gasteiger partial charge in [-0.2, -0.15) is 0 Å². The Kier molecular flexibility index (Phi) is 6.10. The molecular formula is C15H29N3O2. The zero-order chi connectivity index (χ0) is 14.4. The van der Waals surface area contributed by atoms with Crippen LogP contribution in [0.5, 0.6) is 0 Å². The third kappa shape index (κ3) is 4.63. The fraction of sp³-hybridized carbons (Fsp3) is 0.933. The van der Waals surface area contributed by atoms with E-state index in [0.29, 0.717) is 5.92 Å². The van der Waals surface area contributed by atoms with Crippen molar-refractivity contribution in [2.24, 2.45) is 5.92 Å². The number of rotatable bonds is 6. The van der Waals surface area contributed by atoms with Gasteiger partial charge < -0.3 is 20.2 Å². The van der Waals surface area contributed by atoms with Crippen LogP contribution in [0.1, 0.15) is 39.0 Å². The average Bonchev–Trinajstić information content (AvgIpc) is 3.08. The molecule has 0 aromatic rings. The summed E-state index contributed by atoms with van der Waals surface area (Å²) in [6, 6.07) is 0.214. The summed E-state index contributed by atoms with van der Waals surface area (Å²) in [6.07, 6.45) is 5.39. The van der Waals surface area contributed by atoms with E-state index in [1.165, 1.54) is 25.9 Å². The number of nitrogens with one attached hydrogen (secondary N) is 1. The molecule has 5 heteroatoms. The maximum atomic E-state index is 12.1. The third-order valence-corrected chi connectivity index (χ3v) is 4.45. The number of carbonyl (C=O) groups is 1. The first kappa shape index (κ1) is 15.6. The van der Waals surface area contributed by atoms with Gasteiger partial charge in [-0.05, 0) is 58.0 Å². The zero-order valence-corrected chi connectivity index (χ0v) is 12.7. The Labute approximate surface area is 122 Å². The molecule has 0 aliphatic carbocycles. The predicted molar refractivity (Wildman–Crippen MR) is 79.7 cm³/mol. The fourth-order valence-corrected chi connectivity index (χ4v) is 3.27. The van der Waals surface area contributed by atoms with E-state index in [9.17, 15) is 4.79 Å². The lowest BCUT2D eigenvalue weighted by Crippen LogP contribution is -2.43. The molecule has 0 bridgehead atoms. The number of nitrogens with zero attached hydrogens (tertiary/aromatic N) is 2. The molecule has 2 aliphatic heterocycles. The minimum atomic E-state index is 0.0689. The van der Waals surface area contributed by atoms with Crippen molar-refractivity contribution in [3.05, 3.63) is 0 Å². The topological polar surface area (TPSA) is 55.8 Å². The van der Waals surface area contributed by atoms with E-state index in [2.05, 4.69) is 10.2 Å². The predicted octanol–water partition coefficient (Wildman–Crippen LogP) is 1.27. The Balaban J connectivity index is 1.67. The molecule has 2 rings (SSSR count).